The SMILES string of the molecule is Cc1ccc(CNC(=O)[C@H]2C[C@@H](F)CN2)cc1.O=C(O)C(F)(F)F. The fourth-order valence-corrected chi connectivity index (χ4v) is 1.91. The van der Waals surface area contributed by atoms with E-state index in [0.29, 0.717) is 6.54 Å². The van der Waals surface area contributed by atoms with Crippen molar-refractivity contribution in [3.8, 4) is 0 Å². The molecular weight excluding hydrogens is 332 g/mol. The van der Waals surface area contributed by atoms with Crippen molar-refractivity contribution in [2.75, 3.05) is 6.54 Å². The highest BCUT2D eigenvalue weighted by molar-refractivity contribution is 5.82. The molecule has 1 fully saturated rings. The lowest BCUT2D eigenvalue weighted by atomic mass is 10.1. The molecule has 0 radical (unpaired) electrons. The van der Waals surface area contributed by atoms with Crippen LogP contribution in [0.5, 0.6) is 0 Å². The van der Waals surface area contributed by atoms with E-state index in [-0.39, 0.29) is 24.9 Å². The lowest BCUT2D eigenvalue weighted by molar-refractivity contribution is -0.192. The summed E-state index contributed by atoms with van der Waals surface area (Å²) in [5.41, 5.74) is 2.25. The molecule has 1 aromatic rings. The van der Waals surface area contributed by atoms with Crippen LogP contribution in [0.15, 0.2) is 24.3 Å². The van der Waals surface area contributed by atoms with E-state index < -0.39 is 18.3 Å². The molecule has 2 atom stereocenters. The summed E-state index contributed by atoms with van der Waals surface area (Å²) < 4.78 is 44.6. The summed E-state index contributed by atoms with van der Waals surface area (Å²) in [4.78, 5) is 20.6. The summed E-state index contributed by atoms with van der Waals surface area (Å²) in [5, 5.41) is 12.8. The molecule has 0 spiro atoms. The molecule has 1 saturated heterocycles. The van der Waals surface area contributed by atoms with Gasteiger partial charge in [-0.2, -0.15) is 13.2 Å². The predicted octanol–water partition coefficient (Wildman–Crippen LogP) is 1.94. The predicted molar refractivity (Wildman–Crippen MR) is 78.0 cm³/mol. The molecule has 0 aromatic heterocycles. The zero-order chi connectivity index (χ0) is 18.3. The fraction of sp³-hybridized carbons (Fsp3) is 0.467. The Morgan fingerprint density at radius 1 is 1.29 bits per heavy atom. The van der Waals surface area contributed by atoms with Gasteiger partial charge in [-0.25, -0.2) is 9.18 Å². The summed E-state index contributed by atoms with van der Waals surface area (Å²) >= 11 is 0. The largest absolute Gasteiger partial charge is 0.490 e. The van der Waals surface area contributed by atoms with Crippen LogP contribution < -0.4 is 10.6 Å². The number of hydrogen-bond donors (Lipinski definition) is 3. The first-order valence-corrected chi connectivity index (χ1v) is 7.10. The molecule has 1 aliphatic heterocycles. The topological polar surface area (TPSA) is 78.4 Å². The van der Waals surface area contributed by atoms with E-state index in [1.54, 1.807) is 0 Å². The zero-order valence-electron chi connectivity index (χ0n) is 12.9. The van der Waals surface area contributed by atoms with Gasteiger partial charge >= 0.3 is 12.1 Å². The molecule has 0 unspecified atom stereocenters. The number of carboxylic acid groups (broad SMARTS) is 1. The van der Waals surface area contributed by atoms with Gasteiger partial charge in [0.05, 0.1) is 6.04 Å². The van der Waals surface area contributed by atoms with Crippen molar-refractivity contribution in [1.29, 1.82) is 0 Å². The third-order valence-corrected chi connectivity index (χ3v) is 3.22. The van der Waals surface area contributed by atoms with Gasteiger partial charge in [-0.1, -0.05) is 29.8 Å². The van der Waals surface area contributed by atoms with Gasteiger partial charge in [0.1, 0.15) is 6.17 Å². The van der Waals surface area contributed by atoms with Crippen molar-refractivity contribution in [2.24, 2.45) is 0 Å². The van der Waals surface area contributed by atoms with Crippen molar-refractivity contribution in [2.45, 2.75) is 38.3 Å². The quantitative estimate of drug-likeness (QED) is 0.728. The number of alkyl halides is 4. The number of hydrogen-bond acceptors (Lipinski definition) is 3. The first kappa shape index (κ1) is 19.9. The Morgan fingerprint density at radius 2 is 1.83 bits per heavy atom. The third kappa shape index (κ3) is 6.95. The van der Waals surface area contributed by atoms with Gasteiger partial charge in [-0.15, -0.1) is 0 Å². The van der Waals surface area contributed by atoms with Crippen LogP contribution in [0.25, 0.3) is 0 Å². The first-order chi connectivity index (χ1) is 11.1. The summed E-state index contributed by atoms with van der Waals surface area (Å²) in [6.07, 6.45) is -5.70. The van der Waals surface area contributed by atoms with Crippen LogP contribution in [0.4, 0.5) is 17.6 Å². The maximum absolute atomic E-state index is 12.9. The van der Waals surface area contributed by atoms with E-state index in [1.165, 1.54) is 5.56 Å². The molecule has 1 aliphatic rings. The minimum Gasteiger partial charge on any atom is -0.475 e. The molecular formula is C15H18F4N2O3. The van der Waals surface area contributed by atoms with Crippen LogP contribution in [0.3, 0.4) is 0 Å². The second-order valence-electron chi connectivity index (χ2n) is 5.30. The van der Waals surface area contributed by atoms with Gasteiger partial charge in [-0.05, 0) is 12.5 Å². The second kappa shape index (κ2) is 8.62. The standard InChI is InChI=1S/C13H17FN2O.C2HF3O2/c1-9-2-4-10(5-3-9)7-16-13(17)12-6-11(14)8-15-12;3-2(4,5)1(6)7/h2-5,11-12,15H,6-8H2,1H3,(H,16,17);(H,6,7)/t11-,12-;/m1./s1. The molecule has 0 bridgehead atoms. The Bertz CT molecular complexity index is 561. The van der Waals surface area contributed by atoms with Crippen molar-refractivity contribution in [1.82, 2.24) is 10.6 Å². The number of halogens is 4. The van der Waals surface area contributed by atoms with Gasteiger partial charge in [0.25, 0.3) is 0 Å². The van der Waals surface area contributed by atoms with Gasteiger partial charge < -0.3 is 15.7 Å². The summed E-state index contributed by atoms with van der Waals surface area (Å²) in [7, 11) is 0. The highest BCUT2D eigenvalue weighted by atomic mass is 19.4. The third-order valence-electron chi connectivity index (χ3n) is 3.22. The van der Waals surface area contributed by atoms with E-state index in [0.717, 1.165) is 5.56 Å². The Labute approximate surface area is 136 Å². The lowest BCUT2D eigenvalue weighted by Crippen LogP contribution is -2.39. The average molecular weight is 350 g/mol. The van der Waals surface area contributed by atoms with Crippen LogP contribution in [0.1, 0.15) is 17.5 Å². The Kier molecular flexibility index (Phi) is 7.15. The highest BCUT2D eigenvalue weighted by Crippen LogP contribution is 2.13. The summed E-state index contributed by atoms with van der Waals surface area (Å²) in [5.74, 6) is -2.88. The monoisotopic (exact) mass is 350 g/mol. The van der Waals surface area contributed by atoms with Gasteiger partial charge in [-0.3, -0.25) is 4.79 Å². The molecule has 24 heavy (non-hydrogen) atoms. The first-order valence-electron chi connectivity index (χ1n) is 7.10. The smallest absolute Gasteiger partial charge is 0.475 e. The fourth-order valence-electron chi connectivity index (χ4n) is 1.91. The van der Waals surface area contributed by atoms with Crippen LogP contribution in [-0.2, 0) is 16.1 Å². The van der Waals surface area contributed by atoms with E-state index in [9.17, 15) is 22.4 Å². The molecule has 0 aliphatic carbocycles. The minimum absolute atomic E-state index is 0.120. The number of nitrogens with one attached hydrogen (secondary N) is 2. The number of carboxylic acids is 1. The molecule has 3 N–H and O–H groups in total. The number of rotatable bonds is 3. The molecule has 5 nitrogen and oxygen atoms in total. The second-order valence-corrected chi connectivity index (χ2v) is 5.30. The van der Waals surface area contributed by atoms with Gasteiger partial charge in [0.2, 0.25) is 5.91 Å². The van der Waals surface area contributed by atoms with Crippen LogP contribution in [0.2, 0.25) is 0 Å². The Morgan fingerprint density at radius 3 is 2.25 bits per heavy atom. The number of aliphatic carboxylic acids is 1. The molecule has 0 saturated carbocycles. The normalized spacial score (nSPS) is 20.0. The summed E-state index contributed by atoms with van der Waals surface area (Å²) in [6, 6.07) is 7.60. The molecule has 9 heteroatoms. The van der Waals surface area contributed by atoms with Crippen molar-refractivity contribution in [3.63, 3.8) is 0 Å². The molecule has 1 amide bonds. The van der Waals surface area contributed by atoms with E-state index in [4.69, 9.17) is 9.90 Å². The number of amides is 1. The van der Waals surface area contributed by atoms with E-state index in [2.05, 4.69) is 10.6 Å². The number of carbonyl (C=O) groups is 2. The molecule has 134 valence electrons. The van der Waals surface area contributed by atoms with E-state index >= 15 is 0 Å². The van der Waals surface area contributed by atoms with Crippen LogP contribution >= 0.6 is 0 Å². The number of benzene rings is 1. The minimum atomic E-state index is -5.08. The number of carbonyl (C=O) groups excluding carboxylic acids is 1. The van der Waals surface area contributed by atoms with Gasteiger partial charge in [0.15, 0.2) is 0 Å². The van der Waals surface area contributed by atoms with Crippen LogP contribution in [0, 0.1) is 6.92 Å². The Balaban J connectivity index is 0.000000351. The Hall–Kier alpha value is -2.16. The lowest BCUT2D eigenvalue weighted by Gasteiger charge is -2.10. The molecule has 2 rings (SSSR count). The van der Waals surface area contributed by atoms with Gasteiger partial charge in [0, 0.05) is 19.5 Å². The average Bonchev–Trinajstić information content (AvgIpc) is 2.93. The van der Waals surface area contributed by atoms with Crippen LogP contribution in [-0.4, -0.2) is 41.9 Å². The maximum Gasteiger partial charge on any atom is 0.490 e. The zero-order valence-corrected chi connectivity index (χ0v) is 12.9. The maximum atomic E-state index is 12.9. The summed E-state index contributed by atoms with van der Waals surface area (Å²) in [6.45, 7) is 2.79. The van der Waals surface area contributed by atoms with Crippen molar-refractivity contribution in [3.05, 3.63) is 35.4 Å². The highest BCUT2D eigenvalue weighted by Gasteiger charge is 2.38. The molecule has 1 aromatic carbocycles. The molecule has 1 heterocycles. The van der Waals surface area contributed by atoms with Crippen molar-refractivity contribution >= 4 is 11.9 Å². The van der Waals surface area contributed by atoms with Crippen molar-refractivity contribution < 1.29 is 32.3 Å². The van der Waals surface area contributed by atoms with E-state index in [1.807, 2.05) is 31.2 Å². The number of aryl methyl sites for hydroxylation is 1.